The number of rotatable bonds is 1. The molecule has 1 fully saturated rings. The van der Waals surface area contributed by atoms with Gasteiger partial charge in [-0.1, -0.05) is 0 Å². The van der Waals surface area contributed by atoms with Gasteiger partial charge in [0.15, 0.2) is 0 Å². The third-order valence-electron chi connectivity index (χ3n) is 1.98. The fourth-order valence-corrected chi connectivity index (χ4v) is 1.95. The molecule has 1 aliphatic rings. The largest absolute Gasteiger partial charge is 0.389 e. The zero-order chi connectivity index (χ0) is 9.42. The number of nitrogens with zero attached hydrogens (tertiary/aromatic N) is 3. The van der Waals surface area contributed by atoms with Crippen LogP contribution in [0.25, 0.3) is 0 Å². The van der Waals surface area contributed by atoms with Crippen LogP contribution in [0.1, 0.15) is 5.82 Å². The van der Waals surface area contributed by atoms with E-state index in [4.69, 9.17) is 5.11 Å². The molecule has 0 unspecified atom stereocenters. The lowest BCUT2D eigenvalue weighted by molar-refractivity contribution is 0.141. The molecule has 0 aliphatic carbocycles. The Bertz CT molecular complexity index is 305. The highest BCUT2D eigenvalue weighted by molar-refractivity contribution is 14.1. The molecule has 1 N–H and O–H groups in total. The Morgan fingerprint density at radius 3 is 2.77 bits per heavy atom. The van der Waals surface area contributed by atoms with Crippen LogP contribution in [0.15, 0.2) is 6.07 Å². The van der Waals surface area contributed by atoms with E-state index in [0.29, 0.717) is 13.1 Å². The molecule has 0 bridgehead atoms. The van der Waals surface area contributed by atoms with E-state index in [2.05, 4.69) is 32.6 Å². The summed E-state index contributed by atoms with van der Waals surface area (Å²) in [6.45, 7) is 3.25. The minimum absolute atomic E-state index is 0.187. The fraction of sp³-hybridized carbons (Fsp3) is 0.500. The predicted octanol–water partition coefficient (Wildman–Crippen LogP) is 0.571. The number of aliphatic hydroxyl groups is 1. The Balaban J connectivity index is 2.21. The van der Waals surface area contributed by atoms with Crippen molar-refractivity contribution in [2.45, 2.75) is 13.0 Å². The van der Waals surface area contributed by atoms with E-state index >= 15 is 0 Å². The van der Waals surface area contributed by atoms with Gasteiger partial charge in [0.1, 0.15) is 15.3 Å². The minimum Gasteiger partial charge on any atom is -0.389 e. The van der Waals surface area contributed by atoms with E-state index < -0.39 is 0 Å². The van der Waals surface area contributed by atoms with Crippen molar-refractivity contribution in [2.24, 2.45) is 0 Å². The van der Waals surface area contributed by atoms with Crippen molar-refractivity contribution in [3.8, 4) is 0 Å². The van der Waals surface area contributed by atoms with Gasteiger partial charge in [0, 0.05) is 19.2 Å². The molecule has 0 spiro atoms. The van der Waals surface area contributed by atoms with Crippen molar-refractivity contribution in [1.29, 1.82) is 0 Å². The summed E-state index contributed by atoms with van der Waals surface area (Å²) in [5.74, 6) is 1.70. The number of aliphatic hydroxyl groups excluding tert-OH is 1. The van der Waals surface area contributed by atoms with Crippen molar-refractivity contribution in [3.63, 3.8) is 0 Å². The first-order valence-corrected chi connectivity index (χ1v) is 5.17. The third kappa shape index (κ3) is 1.91. The second kappa shape index (κ2) is 3.38. The topological polar surface area (TPSA) is 49.2 Å². The number of aromatic nitrogens is 2. The summed E-state index contributed by atoms with van der Waals surface area (Å²) in [7, 11) is 0. The predicted molar refractivity (Wildman–Crippen MR) is 57.7 cm³/mol. The van der Waals surface area contributed by atoms with Gasteiger partial charge in [-0.3, -0.25) is 0 Å². The first-order chi connectivity index (χ1) is 6.15. The van der Waals surface area contributed by atoms with Gasteiger partial charge in [-0.05, 0) is 29.5 Å². The zero-order valence-electron chi connectivity index (χ0n) is 7.24. The van der Waals surface area contributed by atoms with Crippen LogP contribution in [-0.2, 0) is 0 Å². The average molecular weight is 291 g/mol. The monoisotopic (exact) mass is 291 g/mol. The molecule has 0 saturated carbocycles. The second-order valence-electron chi connectivity index (χ2n) is 3.15. The summed E-state index contributed by atoms with van der Waals surface area (Å²) in [4.78, 5) is 10.5. The van der Waals surface area contributed by atoms with Gasteiger partial charge >= 0.3 is 0 Å². The van der Waals surface area contributed by atoms with Crippen molar-refractivity contribution < 1.29 is 5.11 Å². The highest BCUT2D eigenvalue weighted by atomic mass is 127. The molecule has 5 heteroatoms. The minimum atomic E-state index is -0.187. The molecule has 2 heterocycles. The van der Waals surface area contributed by atoms with E-state index in [1.807, 2.05) is 17.9 Å². The van der Waals surface area contributed by atoms with Crippen LogP contribution in [-0.4, -0.2) is 34.3 Å². The summed E-state index contributed by atoms with van der Waals surface area (Å²) in [6, 6.07) is 1.93. The number of hydrogen-bond acceptors (Lipinski definition) is 4. The number of halogens is 1. The van der Waals surface area contributed by atoms with Crippen molar-refractivity contribution >= 4 is 28.4 Å². The summed E-state index contributed by atoms with van der Waals surface area (Å²) in [5.41, 5.74) is 0. The van der Waals surface area contributed by atoms with E-state index in [0.717, 1.165) is 15.3 Å². The van der Waals surface area contributed by atoms with Crippen molar-refractivity contribution in [1.82, 2.24) is 9.97 Å². The molecule has 4 nitrogen and oxygen atoms in total. The van der Waals surface area contributed by atoms with E-state index in [1.54, 1.807) is 0 Å². The Hall–Kier alpha value is -0.430. The van der Waals surface area contributed by atoms with Gasteiger partial charge in [-0.25, -0.2) is 9.97 Å². The first kappa shape index (κ1) is 9.14. The van der Waals surface area contributed by atoms with Gasteiger partial charge in [-0.15, -0.1) is 0 Å². The molecule has 0 amide bonds. The maximum atomic E-state index is 9.13. The van der Waals surface area contributed by atoms with Crippen LogP contribution >= 0.6 is 22.6 Å². The van der Waals surface area contributed by atoms with Crippen LogP contribution < -0.4 is 4.90 Å². The highest BCUT2D eigenvalue weighted by Crippen LogP contribution is 2.19. The van der Waals surface area contributed by atoms with Crippen LogP contribution in [0.3, 0.4) is 0 Å². The van der Waals surface area contributed by atoms with Crippen LogP contribution in [0.5, 0.6) is 0 Å². The zero-order valence-corrected chi connectivity index (χ0v) is 9.39. The van der Waals surface area contributed by atoms with Crippen LogP contribution in [0, 0.1) is 10.6 Å². The standard InChI is InChI=1S/C8H10IN3O/c1-5-10-7(9)2-8(11-5)12-3-6(13)4-12/h2,6,13H,3-4H2,1H3. The number of β-amino-alcohol motifs (C(OH)–C–C–N with tert-alkyl or cyclic N) is 1. The lowest BCUT2D eigenvalue weighted by Crippen LogP contribution is -2.51. The van der Waals surface area contributed by atoms with Crippen LogP contribution in [0.2, 0.25) is 0 Å². The van der Waals surface area contributed by atoms with E-state index in [1.165, 1.54) is 0 Å². The molecule has 1 aliphatic heterocycles. The van der Waals surface area contributed by atoms with Crippen LogP contribution in [0.4, 0.5) is 5.82 Å². The molecule has 2 rings (SSSR count). The van der Waals surface area contributed by atoms with Gasteiger partial charge in [0.05, 0.1) is 6.10 Å². The number of anilines is 1. The van der Waals surface area contributed by atoms with Gasteiger partial charge < -0.3 is 10.0 Å². The fourth-order valence-electron chi connectivity index (χ4n) is 1.32. The molecule has 1 aromatic heterocycles. The average Bonchev–Trinajstić information content (AvgIpc) is 1.96. The molecular formula is C8H10IN3O. The van der Waals surface area contributed by atoms with Gasteiger partial charge in [0.2, 0.25) is 0 Å². The highest BCUT2D eigenvalue weighted by Gasteiger charge is 2.25. The Morgan fingerprint density at radius 2 is 2.23 bits per heavy atom. The number of aryl methyl sites for hydroxylation is 1. The third-order valence-corrected chi connectivity index (χ3v) is 2.53. The SMILES string of the molecule is Cc1nc(I)cc(N2CC(O)C2)n1. The molecule has 0 aromatic carbocycles. The Kier molecular flexibility index (Phi) is 2.37. The normalized spacial score (nSPS) is 17.3. The molecule has 0 radical (unpaired) electrons. The molecule has 13 heavy (non-hydrogen) atoms. The maximum Gasteiger partial charge on any atom is 0.133 e. The summed E-state index contributed by atoms with van der Waals surface area (Å²) >= 11 is 2.17. The number of hydrogen-bond donors (Lipinski definition) is 1. The van der Waals surface area contributed by atoms with Gasteiger partial charge in [-0.2, -0.15) is 0 Å². The molecule has 70 valence electrons. The maximum absolute atomic E-state index is 9.13. The molecule has 0 atom stereocenters. The summed E-state index contributed by atoms with van der Waals surface area (Å²) in [6.07, 6.45) is -0.187. The summed E-state index contributed by atoms with van der Waals surface area (Å²) < 4.78 is 0.946. The molecule has 1 saturated heterocycles. The Labute approximate surface area is 90.1 Å². The smallest absolute Gasteiger partial charge is 0.133 e. The lowest BCUT2D eigenvalue weighted by atomic mass is 10.2. The molecular weight excluding hydrogens is 281 g/mol. The van der Waals surface area contributed by atoms with Crippen molar-refractivity contribution in [2.75, 3.05) is 18.0 Å². The van der Waals surface area contributed by atoms with E-state index in [9.17, 15) is 0 Å². The molecule has 1 aromatic rings. The quantitative estimate of drug-likeness (QED) is 0.607. The summed E-state index contributed by atoms with van der Waals surface area (Å²) in [5, 5.41) is 9.13. The lowest BCUT2D eigenvalue weighted by Gasteiger charge is -2.36. The first-order valence-electron chi connectivity index (χ1n) is 4.09. The van der Waals surface area contributed by atoms with Crippen molar-refractivity contribution in [3.05, 3.63) is 15.6 Å². The second-order valence-corrected chi connectivity index (χ2v) is 4.26. The van der Waals surface area contributed by atoms with E-state index in [-0.39, 0.29) is 6.10 Å². The van der Waals surface area contributed by atoms with Gasteiger partial charge in [0.25, 0.3) is 0 Å². The Morgan fingerprint density at radius 1 is 1.54 bits per heavy atom.